The third-order valence-electron chi connectivity index (χ3n) is 3.72. The van der Waals surface area contributed by atoms with E-state index in [4.69, 9.17) is 5.73 Å². The number of nitrogens with two attached hydrogens (primary N) is 1. The monoisotopic (exact) mass is 333 g/mol. The summed E-state index contributed by atoms with van der Waals surface area (Å²) in [4.78, 5) is 22.8. The molecule has 0 aliphatic carbocycles. The van der Waals surface area contributed by atoms with E-state index in [1.165, 1.54) is 0 Å². The topological polar surface area (TPSA) is 84.1 Å². The Morgan fingerprint density at radius 2 is 1.92 bits per heavy atom. The zero-order valence-corrected chi connectivity index (χ0v) is 13.9. The molecule has 0 unspecified atom stereocenters. The van der Waals surface area contributed by atoms with Gasteiger partial charge < -0.3 is 16.0 Å². The number of rotatable bonds is 5. The highest BCUT2D eigenvalue weighted by Gasteiger charge is 2.11. The van der Waals surface area contributed by atoms with Crippen molar-refractivity contribution in [3.63, 3.8) is 0 Å². The number of nitrogen functional groups attached to an aromatic ring is 1. The highest BCUT2D eigenvalue weighted by Crippen LogP contribution is 2.25. The first kappa shape index (κ1) is 16.4. The van der Waals surface area contributed by atoms with Gasteiger partial charge in [-0.25, -0.2) is 0 Å². The summed E-state index contributed by atoms with van der Waals surface area (Å²) in [7, 11) is 0. The number of anilines is 4. The summed E-state index contributed by atoms with van der Waals surface area (Å²) in [5, 5.41) is 2.86. The maximum absolute atomic E-state index is 12.4. The lowest BCUT2D eigenvalue weighted by Crippen LogP contribution is -2.17. The Hall–Kier alpha value is -3.41. The van der Waals surface area contributed by atoms with E-state index in [2.05, 4.69) is 20.2 Å². The van der Waals surface area contributed by atoms with Crippen LogP contribution in [0, 0.1) is 0 Å². The van der Waals surface area contributed by atoms with Crippen LogP contribution in [-0.2, 0) is 0 Å². The van der Waals surface area contributed by atoms with Crippen LogP contribution in [0.3, 0.4) is 0 Å². The Bertz CT molecular complexity index is 866. The highest BCUT2D eigenvalue weighted by molar-refractivity contribution is 6.04. The summed E-state index contributed by atoms with van der Waals surface area (Å²) in [6.07, 6.45) is 6.90. The number of nitrogens with one attached hydrogen (secondary N) is 1. The number of aromatic nitrogens is 2. The van der Waals surface area contributed by atoms with Crippen LogP contribution in [0.25, 0.3) is 0 Å². The number of carbonyl (C=O) groups is 1. The maximum atomic E-state index is 12.4. The molecule has 25 heavy (non-hydrogen) atoms. The minimum absolute atomic E-state index is 0.226. The van der Waals surface area contributed by atoms with Crippen LogP contribution in [0.15, 0.2) is 67.3 Å². The lowest BCUT2D eigenvalue weighted by molar-refractivity contribution is 0.102. The van der Waals surface area contributed by atoms with Crippen molar-refractivity contribution in [1.82, 2.24) is 9.97 Å². The minimum atomic E-state index is -0.226. The predicted octanol–water partition coefficient (Wildman–Crippen LogP) is 3.47. The number of nitrogens with zero attached hydrogens (tertiary/aromatic N) is 3. The second kappa shape index (κ2) is 7.44. The Kier molecular flexibility index (Phi) is 4.89. The molecule has 6 heteroatoms. The number of amides is 1. The molecule has 0 fully saturated rings. The fraction of sp³-hybridized carbons (Fsp3) is 0.105. The SMILES string of the molecule is CCN(c1cccnc1)c1cncc(NC(=O)c2cccc(N)c2)c1. The molecule has 3 N–H and O–H groups in total. The molecule has 3 aromatic rings. The number of hydrogen-bond acceptors (Lipinski definition) is 5. The van der Waals surface area contributed by atoms with Crippen LogP contribution in [0.5, 0.6) is 0 Å². The molecule has 0 saturated carbocycles. The first-order valence-corrected chi connectivity index (χ1v) is 7.97. The van der Waals surface area contributed by atoms with Crippen molar-refractivity contribution in [3.8, 4) is 0 Å². The fourth-order valence-electron chi connectivity index (χ4n) is 2.55. The number of carbonyl (C=O) groups excluding carboxylic acids is 1. The lowest BCUT2D eigenvalue weighted by Gasteiger charge is -2.23. The van der Waals surface area contributed by atoms with Gasteiger partial charge in [0, 0.05) is 24.0 Å². The van der Waals surface area contributed by atoms with Crippen molar-refractivity contribution in [2.45, 2.75) is 6.92 Å². The van der Waals surface area contributed by atoms with Gasteiger partial charge in [0.15, 0.2) is 0 Å². The molecule has 2 heterocycles. The van der Waals surface area contributed by atoms with Gasteiger partial charge in [0.05, 0.1) is 35.7 Å². The van der Waals surface area contributed by atoms with E-state index < -0.39 is 0 Å². The van der Waals surface area contributed by atoms with Crippen LogP contribution in [-0.4, -0.2) is 22.4 Å². The first-order chi connectivity index (χ1) is 12.2. The van der Waals surface area contributed by atoms with Gasteiger partial charge >= 0.3 is 0 Å². The van der Waals surface area contributed by atoms with Crippen LogP contribution >= 0.6 is 0 Å². The summed E-state index contributed by atoms with van der Waals surface area (Å²) in [6.45, 7) is 2.80. The van der Waals surface area contributed by atoms with E-state index in [1.54, 1.807) is 49.1 Å². The quantitative estimate of drug-likeness (QED) is 0.699. The third kappa shape index (κ3) is 3.92. The van der Waals surface area contributed by atoms with Crippen molar-refractivity contribution >= 4 is 28.7 Å². The van der Waals surface area contributed by atoms with Crippen molar-refractivity contribution in [1.29, 1.82) is 0 Å². The van der Waals surface area contributed by atoms with Crippen LogP contribution in [0.1, 0.15) is 17.3 Å². The number of hydrogen-bond donors (Lipinski definition) is 2. The molecule has 6 nitrogen and oxygen atoms in total. The second-order valence-electron chi connectivity index (χ2n) is 5.47. The Balaban J connectivity index is 1.82. The zero-order chi connectivity index (χ0) is 17.6. The molecule has 1 amide bonds. The van der Waals surface area contributed by atoms with Crippen molar-refractivity contribution < 1.29 is 4.79 Å². The highest BCUT2D eigenvalue weighted by atomic mass is 16.1. The number of benzene rings is 1. The Morgan fingerprint density at radius 3 is 2.64 bits per heavy atom. The summed E-state index contributed by atoms with van der Waals surface area (Å²) in [6, 6.07) is 12.6. The van der Waals surface area contributed by atoms with E-state index in [-0.39, 0.29) is 5.91 Å². The van der Waals surface area contributed by atoms with Gasteiger partial charge in [0.2, 0.25) is 0 Å². The molecule has 0 spiro atoms. The molecular formula is C19H19N5O. The molecular weight excluding hydrogens is 314 g/mol. The molecule has 0 bridgehead atoms. The molecule has 3 rings (SSSR count). The van der Waals surface area contributed by atoms with Gasteiger partial charge in [-0.2, -0.15) is 0 Å². The molecule has 1 aromatic carbocycles. The van der Waals surface area contributed by atoms with E-state index in [1.807, 2.05) is 25.1 Å². The molecule has 0 aliphatic heterocycles. The van der Waals surface area contributed by atoms with Gasteiger partial charge in [-0.3, -0.25) is 14.8 Å². The first-order valence-electron chi connectivity index (χ1n) is 7.97. The average molecular weight is 333 g/mol. The summed E-state index contributed by atoms with van der Waals surface area (Å²) < 4.78 is 0. The normalized spacial score (nSPS) is 10.3. The van der Waals surface area contributed by atoms with Crippen LogP contribution in [0.4, 0.5) is 22.7 Å². The van der Waals surface area contributed by atoms with Gasteiger partial charge in [-0.05, 0) is 43.3 Å². The predicted molar refractivity (Wildman–Crippen MR) is 100.0 cm³/mol. The van der Waals surface area contributed by atoms with Gasteiger partial charge in [0.25, 0.3) is 5.91 Å². The Morgan fingerprint density at radius 1 is 1.08 bits per heavy atom. The smallest absolute Gasteiger partial charge is 0.255 e. The van der Waals surface area contributed by atoms with Crippen molar-refractivity contribution in [2.24, 2.45) is 0 Å². The molecule has 0 radical (unpaired) electrons. The standard InChI is InChI=1S/C19H19N5O/c1-2-24(17-7-4-8-21-12-17)18-10-16(11-22-13-18)23-19(25)14-5-3-6-15(20)9-14/h3-13H,2,20H2,1H3,(H,23,25). The van der Waals surface area contributed by atoms with E-state index >= 15 is 0 Å². The van der Waals surface area contributed by atoms with E-state index in [0.717, 1.165) is 17.9 Å². The van der Waals surface area contributed by atoms with E-state index in [9.17, 15) is 4.79 Å². The summed E-state index contributed by atoms with van der Waals surface area (Å²) in [5.41, 5.74) is 9.24. The van der Waals surface area contributed by atoms with Gasteiger partial charge in [-0.1, -0.05) is 6.07 Å². The van der Waals surface area contributed by atoms with Crippen LogP contribution < -0.4 is 16.0 Å². The number of pyridine rings is 2. The van der Waals surface area contributed by atoms with Gasteiger partial charge in [0.1, 0.15) is 0 Å². The second-order valence-corrected chi connectivity index (χ2v) is 5.47. The molecule has 0 saturated heterocycles. The molecule has 0 aliphatic rings. The fourth-order valence-corrected chi connectivity index (χ4v) is 2.55. The maximum Gasteiger partial charge on any atom is 0.255 e. The average Bonchev–Trinajstić information content (AvgIpc) is 2.64. The minimum Gasteiger partial charge on any atom is -0.399 e. The van der Waals surface area contributed by atoms with Crippen molar-refractivity contribution in [2.75, 3.05) is 22.5 Å². The Labute approximate surface area is 146 Å². The lowest BCUT2D eigenvalue weighted by atomic mass is 10.2. The third-order valence-corrected chi connectivity index (χ3v) is 3.72. The van der Waals surface area contributed by atoms with Crippen molar-refractivity contribution in [3.05, 3.63) is 72.8 Å². The van der Waals surface area contributed by atoms with Gasteiger partial charge in [-0.15, -0.1) is 0 Å². The summed E-state index contributed by atoms with van der Waals surface area (Å²) >= 11 is 0. The van der Waals surface area contributed by atoms with E-state index in [0.29, 0.717) is 16.9 Å². The molecule has 2 aromatic heterocycles. The largest absolute Gasteiger partial charge is 0.399 e. The molecule has 0 atom stereocenters. The summed E-state index contributed by atoms with van der Waals surface area (Å²) in [5.74, 6) is -0.226. The zero-order valence-electron chi connectivity index (χ0n) is 13.9. The van der Waals surface area contributed by atoms with Crippen LogP contribution in [0.2, 0.25) is 0 Å². The molecule has 126 valence electrons.